The standard InChI is InChI=1S/C23H33O6PS/c1-3-28-30(24,29-4-2)23(31(25,26)27)15-11-6-5-8-12-20-16-18-22(19-17-20)21-13-9-7-10-14-21/h7,9-10,13-14,16-19,23H,3-6,8,11-12,15H2,1-2H3,(H,25,26,27). The second-order valence-electron chi connectivity index (χ2n) is 7.36. The molecule has 0 fully saturated rings. The summed E-state index contributed by atoms with van der Waals surface area (Å²) < 4.78 is 56.2. The van der Waals surface area contributed by atoms with E-state index < -0.39 is 22.7 Å². The first-order valence-electron chi connectivity index (χ1n) is 10.8. The van der Waals surface area contributed by atoms with E-state index in [0.29, 0.717) is 6.42 Å². The molecule has 0 aromatic heterocycles. The van der Waals surface area contributed by atoms with Crippen LogP contribution in [0.2, 0.25) is 0 Å². The highest BCUT2D eigenvalue weighted by atomic mass is 32.2. The Labute approximate surface area is 186 Å². The highest BCUT2D eigenvalue weighted by Crippen LogP contribution is 2.56. The van der Waals surface area contributed by atoms with Gasteiger partial charge < -0.3 is 9.05 Å². The number of rotatable bonds is 14. The van der Waals surface area contributed by atoms with Crippen molar-refractivity contribution in [3.05, 3.63) is 60.2 Å². The van der Waals surface area contributed by atoms with Gasteiger partial charge in [0.15, 0.2) is 4.99 Å². The molecule has 1 atom stereocenters. The largest absolute Gasteiger partial charge is 0.351 e. The second kappa shape index (κ2) is 12.5. The van der Waals surface area contributed by atoms with Gasteiger partial charge in [0.25, 0.3) is 10.1 Å². The van der Waals surface area contributed by atoms with Crippen molar-refractivity contribution in [2.45, 2.75) is 57.4 Å². The van der Waals surface area contributed by atoms with Crippen LogP contribution in [-0.4, -0.2) is 31.2 Å². The molecule has 0 amide bonds. The predicted octanol–water partition coefficient (Wildman–Crippen LogP) is 6.33. The van der Waals surface area contributed by atoms with Crippen molar-refractivity contribution in [3.63, 3.8) is 0 Å². The third-order valence-corrected chi connectivity index (χ3v) is 9.74. The Hall–Kier alpha value is -1.50. The van der Waals surface area contributed by atoms with E-state index in [0.717, 1.165) is 25.7 Å². The number of hydrogen-bond donors (Lipinski definition) is 1. The van der Waals surface area contributed by atoms with Gasteiger partial charge in [-0.3, -0.25) is 9.12 Å². The molecule has 0 aliphatic rings. The maximum absolute atomic E-state index is 12.8. The molecule has 0 aliphatic carbocycles. The van der Waals surface area contributed by atoms with E-state index in [1.54, 1.807) is 13.8 Å². The summed E-state index contributed by atoms with van der Waals surface area (Å²) >= 11 is 0. The van der Waals surface area contributed by atoms with Gasteiger partial charge >= 0.3 is 7.60 Å². The molecule has 172 valence electrons. The SMILES string of the molecule is CCOP(=O)(OCC)C(CCCCCCc1ccc(-c2ccccc2)cc1)S(=O)(=O)O. The van der Waals surface area contributed by atoms with E-state index in [1.165, 1.54) is 16.7 Å². The van der Waals surface area contributed by atoms with Crippen molar-refractivity contribution in [1.29, 1.82) is 0 Å². The number of benzene rings is 2. The van der Waals surface area contributed by atoms with Crippen LogP contribution >= 0.6 is 7.60 Å². The molecule has 0 heterocycles. The van der Waals surface area contributed by atoms with Crippen LogP contribution < -0.4 is 0 Å². The van der Waals surface area contributed by atoms with Crippen molar-refractivity contribution in [2.24, 2.45) is 0 Å². The second-order valence-corrected chi connectivity index (χ2v) is 11.5. The zero-order valence-electron chi connectivity index (χ0n) is 18.3. The molecule has 0 saturated heterocycles. The van der Waals surface area contributed by atoms with Gasteiger partial charge in [0.1, 0.15) is 0 Å². The smallest absolute Gasteiger partial charge is 0.308 e. The quantitative estimate of drug-likeness (QED) is 0.198. The fraction of sp³-hybridized carbons (Fsp3) is 0.478. The van der Waals surface area contributed by atoms with Crippen LogP contribution in [0, 0.1) is 0 Å². The van der Waals surface area contributed by atoms with Gasteiger partial charge in [-0.2, -0.15) is 8.42 Å². The first-order valence-corrected chi connectivity index (χ1v) is 13.9. The highest BCUT2D eigenvalue weighted by Gasteiger charge is 2.43. The summed E-state index contributed by atoms with van der Waals surface area (Å²) in [5.41, 5.74) is 3.64. The lowest BCUT2D eigenvalue weighted by Crippen LogP contribution is -2.23. The Morgan fingerprint density at radius 1 is 0.839 bits per heavy atom. The summed E-state index contributed by atoms with van der Waals surface area (Å²) in [6, 6.07) is 18.8. The molecule has 0 radical (unpaired) electrons. The molecule has 0 aliphatic heterocycles. The van der Waals surface area contributed by atoms with Crippen molar-refractivity contribution >= 4 is 17.7 Å². The molecule has 2 aromatic rings. The van der Waals surface area contributed by atoms with Crippen LogP contribution in [0.4, 0.5) is 0 Å². The minimum atomic E-state index is -4.54. The average molecular weight is 469 g/mol. The third kappa shape index (κ3) is 8.17. The summed E-state index contributed by atoms with van der Waals surface area (Å²) in [6.45, 7) is 3.32. The van der Waals surface area contributed by atoms with Crippen LogP contribution in [0.15, 0.2) is 54.6 Å². The van der Waals surface area contributed by atoms with E-state index in [4.69, 9.17) is 9.05 Å². The maximum atomic E-state index is 12.8. The summed E-state index contributed by atoms with van der Waals surface area (Å²) in [7, 11) is -8.47. The molecule has 2 rings (SSSR count). The van der Waals surface area contributed by atoms with Crippen LogP contribution in [0.25, 0.3) is 11.1 Å². The fourth-order valence-electron chi connectivity index (χ4n) is 3.53. The van der Waals surface area contributed by atoms with E-state index in [2.05, 4.69) is 36.4 Å². The van der Waals surface area contributed by atoms with Gasteiger partial charge in [-0.25, -0.2) is 0 Å². The molecule has 1 N–H and O–H groups in total. The van der Waals surface area contributed by atoms with Crippen LogP contribution in [-0.2, 0) is 30.2 Å². The molecular weight excluding hydrogens is 435 g/mol. The van der Waals surface area contributed by atoms with Gasteiger partial charge in [0.2, 0.25) is 0 Å². The number of aryl methyl sites for hydroxylation is 1. The third-order valence-electron chi connectivity index (χ3n) is 5.04. The maximum Gasteiger partial charge on any atom is 0.351 e. The normalized spacial score (nSPS) is 13.3. The Bertz CT molecular complexity index is 918. The van der Waals surface area contributed by atoms with E-state index in [1.807, 2.05) is 18.2 Å². The van der Waals surface area contributed by atoms with E-state index in [-0.39, 0.29) is 19.6 Å². The molecular formula is C23H33O6PS. The van der Waals surface area contributed by atoms with Crippen LogP contribution in [0.3, 0.4) is 0 Å². The van der Waals surface area contributed by atoms with E-state index in [9.17, 15) is 17.5 Å². The zero-order chi connectivity index (χ0) is 22.7. The molecule has 0 spiro atoms. The Kier molecular flexibility index (Phi) is 10.4. The fourth-order valence-corrected chi connectivity index (χ4v) is 7.29. The Balaban J connectivity index is 1.80. The summed E-state index contributed by atoms with van der Waals surface area (Å²) in [5, 5.41) is 0. The lowest BCUT2D eigenvalue weighted by Gasteiger charge is -2.24. The van der Waals surface area contributed by atoms with Crippen molar-refractivity contribution in [3.8, 4) is 11.1 Å². The summed E-state index contributed by atoms with van der Waals surface area (Å²) in [6.07, 6.45) is 4.14. The van der Waals surface area contributed by atoms with Crippen molar-refractivity contribution in [1.82, 2.24) is 0 Å². The monoisotopic (exact) mass is 468 g/mol. The molecule has 6 nitrogen and oxygen atoms in total. The lowest BCUT2D eigenvalue weighted by atomic mass is 10.0. The topological polar surface area (TPSA) is 89.9 Å². The Morgan fingerprint density at radius 3 is 1.94 bits per heavy atom. The Morgan fingerprint density at radius 2 is 1.39 bits per heavy atom. The van der Waals surface area contributed by atoms with Crippen LogP contribution in [0.5, 0.6) is 0 Å². The molecule has 0 saturated carbocycles. The van der Waals surface area contributed by atoms with Crippen molar-refractivity contribution < 1.29 is 26.6 Å². The zero-order valence-corrected chi connectivity index (χ0v) is 20.0. The number of unbranched alkanes of at least 4 members (excludes halogenated alkanes) is 3. The molecule has 1 unspecified atom stereocenters. The summed E-state index contributed by atoms with van der Waals surface area (Å²) in [4.78, 5) is -1.54. The van der Waals surface area contributed by atoms with Gasteiger partial charge in [-0.05, 0) is 49.8 Å². The van der Waals surface area contributed by atoms with Gasteiger partial charge in [0, 0.05) is 0 Å². The number of hydrogen-bond acceptors (Lipinski definition) is 5. The molecule has 2 aromatic carbocycles. The highest BCUT2D eigenvalue weighted by molar-refractivity contribution is 7.94. The minimum Gasteiger partial charge on any atom is -0.308 e. The first-order chi connectivity index (χ1) is 14.8. The van der Waals surface area contributed by atoms with Gasteiger partial charge in [-0.1, -0.05) is 73.9 Å². The van der Waals surface area contributed by atoms with Crippen molar-refractivity contribution in [2.75, 3.05) is 13.2 Å². The molecule has 8 heteroatoms. The first kappa shape index (κ1) is 25.8. The molecule has 0 bridgehead atoms. The molecule has 31 heavy (non-hydrogen) atoms. The van der Waals surface area contributed by atoms with Gasteiger partial charge in [0.05, 0.1) is 13.2 Å². The van der Waals surface area contributed by atoms with E-state index >= 15 is 0 Å². The lowest BCUT2D eigenvalue weighted by molar-refractivity contribution is 0.215. The van der Waals surface area contributed by atoms with Crippen LogP contribution in [0.1, 0.15) is 51.5 Å². The van der Waals surface area contributed by atoms with Gasteiger partial charge in [-0.15, -0.1) is 0 Å². The minimum absolute atomic E-state index is 0.0435. The predicted molar refractivity (Wildman–Crippen MR) is 125 cm³/mol. The average Bonchev–Trinajstić information content (AvgIpc) is 2.73. The summed E-state index contributed by atoms with van der Waals surface area (Å²) in [5.74, 6) is 0.